The quantitative estimate of drug-likeness (QED) is 0.552. The molecule has 0 bridgehead atoms. The van der Waals surface area contributed by atoms with Gasteiger partial charge < -0.3 is 14.6 Å². The maximum Gasteiger partial charge on any atom is 0.270 e. The van der Waals surface area contributed by atoms with Gasteiger partial charge >= 0.3 is 0 Å². The van der Waals surface area contributed by atoms with Crippen molar-refractivity contribution in [3.63, 3.8) is 0 Å². The van der Waals surface area contributed by atoms with Gasteiger partial charge in [-0.15, -0.1) is 0 Å². The molecule has 1 aliphatic rings. The number of aryl methyl sites for hydroxylation is 1. The number of para-hydroxylation sites is 2. The van der Waals surface area contributed by atoms with Gasteiger partial charge in [0.05, 0.1) is 6.04 Å². The third-order valence-electron chi connectivity index (χ3n) is 5.18. The minimum Gasteiger partial charge on any atom is -0.457 e. The Morgan fingerprint density at radius 2 is 1.80 bits per heavy atom. The predicted octanol–water partition coefficient (Wildman–Crippen LogP) is 4.48. The highest BCUT2D eigenvalue weighted by atomic mass is 16.5. The lowest BCUT2D eigenvalue weighted by Crippen LogP contribution is -2.30. The van der Waals surface area contributed by atoms with Gasteiger partial charge in [0.15, 0.2) is 0 Å². The largest absolute Gasteiger partial charge is 0.457 e. The Morgan fingerprint density at radius 3 is 2.70 bits per heavy atom. The summed E-state index contributed by atoms with van der Waals surface area (Å²) in [6.07, 6.45) is 6.90. The summed E-state index contributed by atoms with van der Waals surface area (Å²) >= 11 is 0. The monoisotopic (exact) mass is 396 g/mol. The van der Waals surface area contributed by atoms with Crippen molar-refractivity contribution in [3.8, 4) is 17.2 Å². The molecule has 0 saturated heterocycles. The molecule has 1 N–H and O–H groups in total. The Labute approximate surface area is 174 Å². The highest BCUT2D eigenvalue weighted by molar-refractivity contribution is 5.92. The van der Waals surface area contributed by atoms with Crippen LogP contribution in [-0.4, -0.2) is 20.4 Å². The zero-order chi connectivity index (χ0) is 20.3. The van der Waals surface area contributed by atoms with E-state index in [2.05, 4.69) is 32.0 Å². The molecule has 6 heteroatoms. The van der Waals surface area contributed by atoms with Crippen LogP contribution in [-0.2, 0) is 6.42 Å². The molecule has 0 aliphatic carbocycles. The SMILES string of the molecule is O=C(N[C@@H]1CCc2ccccc2-n2ccnc21)c1cc(Oc2ccccc2)ccn1. The van der Waals surface area contributed by atoms with Crippen LogP contribution in [0, 0.1) is 0 Å². The van der Waals surface area contributed by atoms with Crippen molar-refractivity contribution in [2.75, 3.05) is 0 Å². The third kappa shape index (κ3) is 3.55. The summed E-state index contributed by atoms with van der Waals surface area (Å²) in [5.74, 6) is 1.85. The van der Waals surface area contributed by atoms with Crippen molar-refractivity contribution in [3.05, 3.63) is 102 Å². The molecule has 3 heterocycles. The summed E-state index contributed by atoms with van der Waals surface area (Å²) in [5, 5.41) is 3.10. The second-order valence-electron chi connectivity index (χ2n) is 7.14. The van der Waals surface area contributed by atoms with Crippen LogP contribution in [0.5, 0.6) is 11.5 Å². The zero-order valence-corrected chi connectivity index (χ0v) is 16.2. The Kier molecular flexibility index (Phi) is 4.73. The standard InChI is InChI=1S/C24H20N4O2/c29-24(21-16-19(12-13-25-21)30-18-7-2-1-3-8-18)27-20-11-10-17-6-4-5-9-22(17)28-15-14-26-23(20)28/h1-9,12-16,20H,10-11H2,(H,27,29)/t20-/m1/s1. The number of fused-ring (bicyclic) bond motifs is 3. The summed E-state index contributed by atoms with van der Waals surface area (Å²) in [7, 11) is 0. The van der Waals surface area contributed by atoms with E-state index < -0.39 is 0 Å². The van der Waals surface area contributed by atoms with Crippen LogP contribution in [0.3, 0.4) is 0 Å². The first-order valence-corrected chi connectivity index (χ1v) is 9.89. The molecule has 5 rings (SSSR count). The Morgan fingerprint density at radius 1 is 0.967 bits per heavy atom. The highest BCUT2D eigenvalue weighted by Crippen LogP contribution is 2.29. The number of ether oxygens (including phenoxy) is 1. The highest BCUT2D eigenvalue weighted by Gasteiger charge is 2.25. The molecule has 4 aromatic rings. The second-order valence-corrected chi connectivity index (χ2v) is 7.14. The Bertz CT molecular complexity index is 1190. The normalized spacial score (nSPS) is 14.9. The summed E-state index contributed by atoms with van der Waals surface area (Å²) in [4.78, 5) is 21.7. The minimum atomic E-state index is -0.251. The fourth-order valence-electron chi connectivity index (χ4n) is 3.76. The molecule has 2 aromatic carbocycles. The molecule has 0 saturated carbocycles. The molecule has 1 amide bonds. The molecule has 148 valence electrons. The summed E-state index contributed by atoms with van der Waals surface area (Å²) in [5.41, 5.74) is 2.66. The summed E-state index contributed by atoms with van der Waals surface area (Å²) < 4.78 is 7.88. The number of amides is 1. The van der Waals surface area contributed by atoms with Gasteiger partial charge in [-0.05, 0) is 42.7 Å². The predicted molar refractivity (Wildman–Crippen MR) is 113 cm³/mol. The number of nitrogens with one attached hydrogen (secondary N) is 1. The number of hydrogen-bond donors (Lipinski definition) is 1. The number of imidazole rings is 1. The van der Waals surface area contributed by atoms with Crippen LogP contribution in [0.4, 0.5) is 0 Å². The van der Waals surface area contributed by atoms with Gasteiger partial charge in [-0.3, -0.25) is 9.78 Å². The van der Waals surface area contributed by atoms with Gasteiger partial charge in [0, 0.05) is 30.3 Å². The number of nitrogens with zero attached hydrogens (tertiary/aromatic N) is 3. The van der Waals surface area contributed by atoms with Gasteiger partial charge in [-0.1, -0.05) is 36.4 Å². The Hall–Kier alpha value is -3.93. The number of benzene rings is 2. The van der Waals surface area contributed by atoms with Crippen molar-refractivity contribution in [1.29, 1.82) is 0 Å². The van der Waals surface area contributed by atoms with Crippen molar-refractivity contribution in [1.82, 2.24) is 19.9 Å². The first kappa shape index (κ1) is 18.1. The van der Waals surface area contributed by atoms with Crippen LogP contribution in [0.2, 0.25) is 0 Å². The number of hydrogen-bond acceptors (Lipinski definition) is 4. The lowest BCUT2D eigenvalue weighted by Gasteiger charge is -2.17. The molecule has 2 aromatic heterocycles. The van der Waals surface area contributed by atoms with Crippen LogP contribution in [0.15, 0.2) is 85.3 Å². The molecule has 6 nitrogen and oxygen atoms in total. The van der Waals surface area contributed by atoms with Crippen LogP contribution in [0.1, 0.15) is 34.3 Å². The van der Waals surface area contributed by atoms with Gasteiger partial charge in [0.25, 0.3) is 5.91 Å². The molecule has 0 spiro atoms. The lowest BCUT2D eigenvalue weighted by atomic mass is 10.1. The van der Waals surface area contributed by atoms with E-state index in [1.54, 1.807) is 24.5 Å². The van der Waals surface area contributed by atoms with E-state index in [-0.39, 0.29) is 11.9 Å². The van der Waals surface area contributed by atoms with E-state index in [1.807, 2.05) is 48.7 Å². The molecule has 0 unspecified atom stereocenters. The summed E-state index contributed by atoms with van der Waals surface area (Å²) in [6, 6.07) is 20.9. The fourth-order valence-corrected chi connectivity index (χ4v) is 3.76. The van der Waals surface area contributed by atoms with Crippen molar-refractivity contribution < 1.29 is 9.53 Å². The van der Waals surface area contributed by atoms with Crippen molar-refractivity contribution in [2.24, 2.45) is 0 Å². The van der Waals surface area contributed by atoms with Crippen LogP contribution >= 0.6 is 0 Å². The van der Waals surface area contributed by atoms with Crippen molar-refractivity contribution in [2.45, 2.75) is 18.9 Å². The first-order valence-electron chi connectivity index (χ1n) is 9.89. The average molecular weight is 396 g/mol. The van der Waals surface area contributed by atoms with E-state index in [9.17, 15) is 4.79 Å². The topological polar surface area (TPSA) is 69.0 Å². The molecular weight excluding hydrogens is 376 g/mol. The number of aromatic nitrogens is 3. The maximum absolute atomic E-state index is 13.0. The molecule has 1 aliphatic heterocycles. The average Bonchev–Trinajstić information content (AvgIpc) is 3.22. The number of pyridine rings is 1. The molecule has 30 heavy (non-hydrogen) atoms. The van der Waals surface area contributed by atoms with Crippen LogP contribution in [0.25, 0.3) is 5.69 Å². The smallest absolute Gasteiger partial charge is 0.270 e. The van der Waals surface area contributed by atoms with E-state index in [0.717, 1.165) is 24.4 Å². The van der Waals surface area contributed by atoms with Crippen LogP contribution < -0.4 is 10.1 Å². The van der Waals surface area contributed by atoms with E-state index in [4.69, 9.17) is 4.74 Å². The molecule has 1 atom stereocenters. The zero-order valence-electron chi connectivity index (χ0n) is 16.2. The molecular formula is C24H20N4O2. The van der Waals surface area contributed by atoms with E-state index >= 15 is 0 Å². The van der Waals surface area contributed by atoms with Crippen molar-refractivity contribution >= 4 is 5.91 Å². The van der Waals surface area contributed by atoms with E-state index in [0.29, 0.717) is 17.2 Å². The van der Waals surface area contributed by atoms with Gasteiger partial charge in [-0.25, -0.2) is 4.98 Å². The number of rotatable bonds is 4. The Balaban J connectivity index is 1.37. The first-order chi connectivity index (χ1) is 14.8. The molecule has 0 fully saturated rings. The maximum atomic E-state index is 13.0. The fraction of sp³-hybridized carbons (Fsp3) is 0.125. The number of carbonyl (C=O) groups excluding carboxylic acids is 1. The van der Waals surface area contributed by atoms with Gasteiger partial charge in [0.1, 0.15) is 23.0 Å². The van der Waals surface area contributed by atoms with Gasteiger partial charge in [0.2, 0.25) is 0 Å². The minimum absolute atomic E-state index is 0.208. The van der Waals surface area contributed by atoms with Gasteiger partial charge in [-0.2, -0.15) is 0 Å². The lowest BCUT2D eigenvalue weighted by molar-refractivity contribution is 0.0927. The second kappa shape index (κ2) is 7.83. The third-order valence-corrected chi connectivity index (χ3v) is 5.18. The van der Waals surface area contributed by atoms with E-state index in [1.165, 1.54) is 5.56 Å². The number of carbonyl (C=O) groups is 1. The summed E-state index contributed by atoms with van der Waals surface area (Å²) in [6.45, 7) is 0. The molecule has 0 radical (unpaired) electrons.